The molecule has 0 bridgehead atoms. The molecule has 2 N–H and O–H groups in total. The van der Waals surface area contributed by atoms with Crippen LogP contribution >= 0.6 is 0 Å². The van der Waals surface area contributed by atoms with Gasteiger partial charge in [-0.15, -0.1) is 0 Å². The second-order valence-corrected chi connectivity index (χ2v) is 5.28. The van der Waals surface area contributed by atoms with E-state index in [1.807, 2.05) is 19.1 Å². The van der Waals surface area contributed by atoms with Gasteiger partial charge in [-0.25, -0.2) is 4.39 Å². The summed E-state index contributed by atoms with van der Waals surface area (Å²) in [5.41, 5.74) is 7.55. The molecule has 1 aromatic rings. The number of rotatable bonds is 4. The third-order valence-corrected chi connectivity index (χ3v) is 3.71. The molecule has 0 aromatic heterocycles. The van der Waals surface area contributed by atoms with Crippen LogP contribution in [0.2, 0.25) is 0 Å². The molecule has 19 heavy (non-hydrogen) atoms. The molecule has 2 atom stereocenters. The van der Waals surface area contributed by atoms with E-state index in [1.54, 1.807) is 6.07 Å². The zero-order chi connectivity index (χ0) is 13.8. The molecule has 0 spiro atoms. The van der Waals surface area contributed by atoms with Crippen molar-refractivity contribution in [1.82, 2.24) is 0 Å². The maximum atomic E-state index is 14.2. The van der Waals surface area contributed by atoms with Crippen molar-refractivity contribution in [1.29, 1.82) is 0 Å². The maximum absolute atomic E-state index is 14.2. The molecule has 4 heteroatoms. The predicted molar refractivity (Wildman–Crippen MR) is 76.0 cm³/mol. The van der Waals surface area contributed by atoms with Gasteiger partial charge in [-0.1, -0.05) is 13.0 Å². The fourth-order valence-electron chi connectivity index (χ4n) is 2.44. The summed E-state index contributed by atoms with van der Waals surface area (Å²) in [7, 11) is 0. The van der Waals surface area contributed by atoms with Gasteiger partial charge in [-0.2, -0.15) is 0 Å². The van der Waals surface area contributed by atoms with Gasteiger partial charge in [0.2, 0.25) is 0 Å². The lowest BCUT2D eigenvalue weighted by atomic mass is 10.0. The first-order chi connectivity index (χ1) is 9.11. The summed E-state index contributed by atoms with van der Waals surface area (Å²) in [5.74, 6) is -0.158. The first-order valence-corrected chi connectivity index (χ1v) is 7.00. The number of nitrogens with two attached hydrogens (primary N) is 1. The number of anilines is 1. The first kappa shape index (κ1) is 14.3. The molecule has 0 aliphatic carbocycles. The van der Waals surface area contributed by atoms with Crippen LogP contribution < -0.4 is 10.6 Å². The summed E-state index contributed by atoms with van der Waals surface area (Å²) in [6.45, 7) is 6.16. The molecule has 2 unspecified atom stereocenters. The fourth-order valence-corrected chi connectivity index (χ4v) is 2.44. The zero-order valence-corrected chi connectivity index (χ0v) is 11.7. The SMILES string of the molecule is CCC(N)Cc1ccc(N2CCOCC2C)c(F)c1. The molecule has 2 rings (SSSR count). The van der Waals surface area contributed by atoms with Gasteiger partial charge >= 0.3 is 0 Å². The smallest absolute Gasteiger partial charge is 0.146 e. The van der Waals surface area contributed by atoms with Gasteiger partial charge in [0.05, 0.1) is 18.9 Å². The summed E-state index contributed by atoms with van der Waals surface area (Å²) in [6.07, 6.45) is 1.64. The van der Waals surface area contributed by atoms with E-state index in [-0.39, 0.29) is 17.9 Å². The predicted octanol–water partition coefficient (Wildman–Crippen LogP) is 2.33. The van der Waals surface area contributed by atoms with E-state index in [9.17, 15) is 4.39 Å². The normalized spacial score (nSPS) is 21.5. The number of halogens is 1. The van der Waals surface area contributed by atoms with Gasteiger partial charge in [0.1, 0.15) is 5.82 Å². The van der Waals surface area contributed by atoms with Gasteiger partial charge < -0.3 is 15.4 Å². The van der Waals surface area contributed by atoms with E-state index < -0.39 is 0 Å². The zero-order valence-electron chi connectivity index (χ0n) is 11.7. The van der Waals surface area contributed by atoms with Crippen LogP contribution in [0.25, 0.3) is 0 Å². The third-order valence-electron chi connectivity index (χ3n) is 3.71. The Bertz CT molecular complexity index is 425. The first-order valence-electron chi connectivity index (χ1n) is 7.00. The Labute approximate surface area is 114 Å². The highest BCUT2D eigenvalue weighted by Crippen LogP contribution is 2.24. The number of hydrogen-bond acceptors (Lipinski definition) is 3. The van der Waals surface area contributed by atoms with Crippen LogP contribution in [0.4, 0.5) is 10.1 Å². The molecule has 1 fully saturated rings. The van der Waals surface area contributed by atoms with Crippen molar-refractivity contribution >= 4 is 5.69 Å². The third kappa shape index (κ3) is 3.45. The van der Waals surface area contributed by atoms with Crippen LogP contribution in [0, 0.1) is 5.82 Å². The lowest BCUT2D eigenvalue weighted by Crippen LogP contribution is -2.44. The molecule has 1 aromatic carbocycles. The van der Waals surface area contributed by atoms with Crippen molar-refractivity contribution in [2.24, 2.45) is 5.73 Å². The number of hydrogen-bond donors (Lipinski definition) is 1. The largest absolute Gasteiger partial charge is 0.377 e. The van der Waals surface area contributed by atoms with Crippen molar-refractivity contribution in [3.8, 4) is 0 Å². The van der Waals surface area contributed by atoms with E-state index in [4.69, 9.17) is 10.5 Å². The Balaban J connectivity index is 2.14. The summed E-state index contributed by atoms with van der Waals surface area (Å²) >= 11 is 0. The number of nitrogens with zero attached hydrogens (tertiary/aromatic N) is 1. The van der Waals surface area contributed by atoms with Gasteiger partial charge in [0.25, 0.3) is 0 Å². The summed E-state index contributed by atoms with van der Waals surface area (Å²) < 4.78 is 19.6. The topological polar surface area (TPSA) is 38.5 Å². The van der Waals surface area contributed by atoms with Crippen LogP contribution in [0.1, 0.15) is 25.8 Å². The lowest BCUT2D eigenvalue weighted by molar-refractivity contribution is 0.0986. The number of morpholine rings is 1. The molecule has 0 saturated carbocycles. The number of benzene rings is 1. The van der Waals surface area contributed by atoms with E-state index in [0.29, 0.717) is 18.9 Å². The van der Waals surface area contributed by atoms with Crippen molar-refractivity contribution in [3.05, 3.63) is 29.6 Å². The van der Waals surface area contributed by atoms with Crippen LogP contribution in [0.5, 0.6) is 0 Å². The van der Waals surface area contributed by atoms with Crippen LogP contribution in [0.3, 0.4) is 0 Å². The lowest BCUT2D eigenvalue weighted by Gasteiger charge is -2.35. The van der Waals surface area contributed by atoms with E-state index in [1.165, 1.54) is 0 Å². The minimum atomic E-state index is -0.158. The van der Waals surface area contributed by atoms with Gasteiger partial charge in [-0.05, 0) is 37.5 Å². The van der Waals surface area contributed by atoms with Crippen molar-refractivity contribution < 1.29 is 9.13 Å². The van der Waals surface area contributed by atoms with Crippen LogP contribution in [-0.2, 0) is 11.2 Å². The molecule has 106 valence electrons. The second kappa shape index (κ2) is 6.35. The van der Waals surface area contributed by atoms with Crippen molar-refractivity contribution in [3.63, 3.8) is 0 Å². The van der Waals surface area contributed by atoms with Crippen molar-refractivity contribution in [2.75, 3.05) is 24.7 Å². The minimum absolute atomic E-state index is 0.104. The standard InChI is InChI=1S/C15H23FN2O/c1-3-13(17)8-12-4-5-15(14(16)9-12)18-6-7-19-10-11(18)2/h4-5,9,11,13H,3,6-8,10,17H2,1-2H3. The molecule has 3 nitrogen and oxygen atoms in total. The molecule has 0 radical (unpaired) electrons. The van der Waals surface area contributed by atoms with E-state index in [0.717, 1.165) is 24.9 Å². The monoisotopic (exact) mass is 266 g/mol. The minimum Gasteiger partial charge on any atom is -0.377 e. The average Bonchev–Trinajstić information content (AvgIpc) is 2.40. The Morgan fingerprint density at radius 2 is 2.32 bits per heavy atom. The Morgan fingerprint density at radius 1 is 1.53 bits per heavy atom. The fraction of sp³-hybridized carbons (Fsp3) is 0.600. The van der Waals surface area contributed by atoms with Crippen LogP contribution in [-0.4, -0.2) is 31.8 Å². The molecule has 1 heterocycles. The molecular formula is C15H23FN2O. The summed E-state index contributed by atoms with van der Waals surface area (Å²) in [4.78, 5) is 2.07. The highest BCUT2D eigenvalue weighted by atomic mass is 19.1. The van der Waals surface area contributed by atoms with Crippen LogP contribution in [0.15, 0.2) is 18.2 Å². The summed E-state index contributed by atoms with van der Waals surface area (Å²) in [6, 6.07) is 5.79. The Kier molecular flexibility index (Phi) is 4.77. The Hall–Kier alpha value is -1.13. The quantitative estimate of drug-likeness (QED) is 0.909. The maximum Gasteiger partial charge on any atom is 0.146 e. The molecule has 1 aliphatic heterocycles. The van der Waals surface area contributed by atoms with Gasteiger partial charge in [0.15, 0.2) is 0 Å². The van der Waals surface area contributed by atoms with Gasteiger partial charge in [-0.3, -0.25) is 0 Å². The van der Waals surface area contributed by atoms with E-state index >= 15 is 0 Å². The molecule has 0 amide bonds. The molecule has 1 aliphatic rings. The highest BCUT2D eigenvalue weighted by Gasteiger charge is 2.21. The number of ether oxygens (including phenoxy) is 1. The molecule has 1 saturated heterocycles. The Morgan fingerprint density at radius 3 is 2.95 bits per heavy atom. The average molecular weight is 266 g/mol. The molecular weight excluding hydrogens is 243 g/mol. The summed E-state index contributed by atoms with van der Waals surface area (Å²) in [5, 5.41) is 0. The van der Waals surface area contributed by atoms with E-state index in [2.05, 4.69) is 11.8 Å². The highest BCUT2D eigenvalue weighted by molar-refractivity contribution is 5.50. The van der Waals surface area contributed by atoms with Gasteiger partial charge in [0, 0.05) is 18.6 Å². The van der Waals surface area contributed by atoms with Crippen molar-refractivity contribution in [2.45, 2.75) is 38.8 Å². The second-order valence-electron chi connectivity index (χ2n) is 5.28.